The van der Waals surface area contributed by atoms with E-state index in [0.29, 0.717) is 16.6 Å². The highest BCUT2D eigenvalue weighted by molar-refractivity contribution is 6.05. The van der Waals surface area contributed by atoms with Gasteiger partial charge >= 0.3 is 0 Å². The molecule has 28 heavy (non-hydrogen) atoms. The van der Waals surface area contributed by atoms with Gasteiger partial charge in [-0.25, -0.2) is 9.37 Å². The van der Waals surface area contributed by atoms with Crippen molar-refractivity contribution in [1.82, 2.24) is 9.97 Å². The number of hydrogen-bond donors (Lipinski definition) is 3. The molecule has 1 aromatic carbocycles. The number of carbonyl (C=O) groups is 1. The van der Waals surface area contributed by atoms with Gasteiger partial charge in [-0.05, 0) is 35.9 Å². The summed E-state index contributed by atoms with van der Waals surface area (Å²) < 4.78 is 13.6. The van der Waals surface area contributed by atoms with Gasteiger partial charge in [0.2, 0.25) is 0 Å². The first-order valence-electron chi connectivity index (χ1n) is 8.66. The predicted molar refractivity (Wildman–Crippen MR) is 112 cm³/mol. The highest BCUT2D eigenvalue weighted by Gasteiger charge is 2.12. The Kier molecular flexibility index (Phi) is 7.28. The molecule has 144 valence electrons. The molecule has 1 unspecified atom stereocenters. The average molecular weight is 378 g/mol. The van der Waals surface area contributed by atoms with Crippen molar-refractivity contribution < 1.29 is 9.18 Å². The van der Waals surface area contributed by atoms with E-state index in [-0.39, 0.29) is 11.7 Å². The Hall–Kier alpha value is -3.67. The van der Waals surface area contributed by atoms with Gasteiger partial charge in [0, 0.05) is 29.4 Å². The number of carbonyl (C=O) groups excluding carboxylic acids is 1. The summed E-state index contributed by atoms with van der Waals surface area (Å²) in [5.74, 6) is -1.07. The number of halogens is 1. The topological polar surface area (TPSA) is 97.8 Å². The molecule has 3 aromatic rings. The monoisotopic (exact) mass is 378 g/mol. The number of aromatic amines is 1. The number of hydrogen-bond acceptors (Lipinski definition) is 3. The zero-order chi connectivity index (χ0) is 20.5. The van der Waals surface area contributed by atoms with Crippen LogP contribution in [-0.4, -0.2) is 15.9 Å². The SMILES string of the molecule is C=C/C=C\C(F)=C/C(C)c1cnc2[nH]cc(C(N)=O)c2c1.Nc1ccccc1. The minimum absolute atomic E-state index is 0.188. The third-order valence-corrected chi connectivity index (χ3v) is 3.94. The van der Waals surface area contributed by atoms with Crippen LogP contribution in [0.15, 0.2) is 85.5 Å². The number of fused-ring (bicyclic) bond motifs is 1. The molecule has 2 heterocycles. The predicted octanol–water partition coefficient (Wildman–Crippen LogP) is 4.63. The standard InChI is InChI=1S/C16H16FN3O.C6H7N/c1-3-4-5-12(17)6-10(2)11-7-13-14(15(18)21)9-20-16(13)19-8-11;7-6-4-2-1-3-5-6/h3-10H,1H2,2H3,(H2,18,21)(H,19,20);1-5H,7H2/b5-4-,12-6+;. The second-order valence-electron chi connectivity index (χ2n) is 6.08. The smallest absolute Gasteiger partial charge is 0.250 e. The third-order valence-electron chi connectivity index (χ3n) is 3.94. The van der Waals surface area contributed by atoms with Gasteiger partial charge in [0.1, 0.15) is 11.5 Å². The van der Waals surface area contributed by atoms with Crippen LogP contribution in [0.5, 0.6) is 0 Å². The summed E-state index contributed by atoms with van der Waals surface area (Å²) in [5.41, 5.74) is 13.2. The van der Waals surface area contributed by atoms with Crippen molar-refractivity contribution in [2.45, 2.75) is 12.8 Å². The van der Waals surface area contributed by atoms with Crippen molar-refractivity contribution in [1.29, 1.82) is 0 Å². The van der Waals surface area contributed by atoms with Crippen LogP contribution in [0.3, 0.4) is 0 Å². The van der Waals surface area contributed by atoms with Crippen molar-refractivity contribution in [3.8, 4) is 0 Å². The van der Waals surface area contributed by atoms with Crippen molar-refractivity contribution in [3.05, 3.63) is 96.6 Å². The van der Waals surface area contributed by atoms with Gasteiger partial charge in [0.15, 0.2) is 0 Å². The molecular weight excluding hydrogens is 355 g/mol. The number of nitrogens with one attached hydrogen (secondary N) is 1. The number of rotatable bonds is 5. The molecular formula is C22H23FN4O. The maximum Gasteiger partial charge on any atom is 0.250 e. The molecule has 0 bridgehead atoms. The molecule has 1 amide bonds. The molecule has 0 aliphatic rings. The summed E-state index contributed by atoms with van der Waals surface area (Å²) in [5, 5.41) is 0.641. The van der Waals surface area contributed by atoms with E-state index in [1.807, 2.05) is 37.3 Å². The fourth-order valence-corrected chi connectivity index (χ4v) is 2.48. The molecule has 6 heteroatoms. The molecule has 0 fully saturated rings. The zero-order valence-corrected chi connectivity index (χ0v) is 15.6. The number of H-pyrrole nitrogens is 1. The molecule has 1 atom stereocenters. The number of primary amides is 1. The number of para-hydroxylation sites is 1. The summed E-state index contributed by atoms with van der Waals surface area (Å²) in [6, 6.07) is 11.3. The Labute approximate surface area is 163 Å². The minimum Gasteiger partial charge on any atom is -0.399 e. The lowest BCUT2D eigenvalue weighted by Gasteiger charge is -2.07. The summed E-state index contributed by atoms with van der Waals surface area (Å²) in [6.07, 6.45) is 9.01. The molecule has 0 aliphatic carbocycles. The number of pyridine rings is 1. The molecule has 0 radical (unpaired) electrons. The number of benzene rings is 1. The summed E-state index contributed by atoms with van der Waals surface area (Å²) in [7, 11) is 0. The maximum atomic E-state index is 13.6. The number of allylic oxidation sites excluding steroid dienone is 5. The van der Waals surface area contributed by atoms with Crippen LogP contribution in [0.2, 0.25) is 0 Å². The molecule has 2 aromatic heterocycles. The van der Waals surface area contributed by atoms with E-state index >= 15 is 0 Å². The first-order chi connectivity index (χ1) is 13.4. The number of aromatic nitrogens is 2. The second kappa shape index (κ2) is 9.87. The second-order valence-corrected chi connectivity index (χ2v) is 6.08. The van der Waals surface area contributed by atoms with Crippen LogP contribution in [0.1, 0.15) is 28.8 Å². The van der Waals surface area contributed by atoms with Gasteiger partial charge in [-0.2, -0.15) is 0 Å². The first-order valence-corrected chi connectivity index (χ1v) is 8.66. The number of amides is 1. The molecule has 5 N–H and O–H groups in total. The van der Waals surface area contributed by atoms with Gasteiger partial charge in [-0.1, -0.05) is 43.9 Å². The van der Waals surface area contributed by atoms with E-state index in [0.717, 1.165) is 11.3 Å². The van der Waals surface area contributed by atoms with Gasteiger partial charge in [0.05, 0.1) is 5.56 Å². The van der Waals surface area contributed by atoms with Crippen LogP contribution < -0.4 is 11.5 Å². The van der Waals surface area contributed by atoms with Crippen molar-refractivity contribution in [2.75, 3.05) is 5.73 Å². The lowest BCUT2D eigenvalue weighted by molar-refractivity contribution is 0.100. The van der Waals surface area contributed by atoms with Crippen LogP contribution in [0, 0.1) is 0 Å². The van der Waals surface area contributed by atoms with Gasteiger partial charge in [-0.3, -0.25) is 4.79 Å². The Morgan fingerprint density at radius 2 is 2.04 bits per heavy atom. The van der Waals surface area contributed by atoms with Gasteiger partial charge in [0.25, 0.3) is 5.91 Å². The molecule has 5 nitrogen and oxygen atoms in total. The van der Waals surface area contributed by atoms with Gasteiger partial charge in [-0.15, -0.1) is 0 Å². The number of nitrogens with zero attached hydrogens (tertiary/aromatic N) is 1. The van der Waals surface area contributed by atoms with Crippen molar-refractivity contribution in [2.24, 2.45) is 5.73 Å². The quantitative estimate of drug-likeness (QED) is 0.446. The Morgan fingerprint density at radius 3 is 2.61 bits per heavy atom. The molecule has 0 aliphatic heterocycles. The Balaban J connectivity index is 0.000000336. The fraction of sp³-hybridized carbons (Fsp3) is 0.0909. The minimum atomic E-state index is -0.525. The van der Waals surface area contributed by atoms with E-state index in [4.69, 9.17) is 11.5 Å². The first kappa shape index (κ1) is 20.6. The molecule has 0 spiro atoms. The van der Waals surface area contributed by atoms with Crippen molar-refractivity contribution >= 4 is 22.6 Å². The Bertz CT molecular complexity index is 1010. The lowest BCUT2D eigenvalue weighted by atomic mass is 10.0. The van der Waals surface area contributed by atoms with E-state index in [1.165, 1.54) is 30.5 Å². The van der Waals surface area contributed by atoms with Crippen LogP contribution in [0.4, 0.5) is 10.1 Å². The Morgan fingerprint density at radius 1 is 1.32 bits per heavy atom. The highest BCUT2D eigenvalue weighted by atomic mass is 19.1. The van der Waals surface area contributed by atoms with Gasteiger partial charge < -0.3 is 16.5 Å². The zero-order valence-electron chi connectivity index (χ0n) is 15.6. The largest absolute Gasteiger partial charge is 0.399 e. The number of anilines is 1. The summed E-state index contributed by atoms with van der Waals surface area (Å²) >= 11 is 0. The summed E-state index contributed by atoms with van der Waals surface area (Å²) in [4.78, 5) is 18.4. The third kappa shape index (κ3) is 5.67. The average Bonchev–Trinajstić information content (AvgIpc) is 3.11. The summed E-state index contributed by atoms with van der Waals surface area (Å²) in [6.45, 7) is 5.33. The van der Waals surface area contributed by atoms with Crippen molar-refractivity contribution in [3.63, 3.8) is 0 Å². The molecule has 0 saturated carbocycles. The fourth-order valence-electron chi connectivity index (χ4n) is 2.48. The number of nitrogens with two attached hydrogens (primary N) is 2. The van der Waals surface area contributed by atoms with E-state index in [9.17, 15) is 9.18 Å². The molecule has 0 saturated heterocycles. The molecule has 3 rings (SSSR count). The van der Waals surface area contributed by atoms with E-state index < -0.39 is 5.91 Å². The van der Waals surface area contributed by atoms with Crippen LogP contribution >= 0.6 is 0 Å². The maximum absolute atomic E-state index is 13.6. The van der Waals surface area contributed by atoms with Crippen LogP contribution in [0.25, 0.3) is 11.0 Å². The van der Waals surface area contributed by atoms with E-state index in [2.05, 4.69) is 16.5 Å². The van der Waals surface area contributed by atoms with E-state index in [1.54, 1.807) is 12.3 Å². The lowest BCUT2D eigenvalue weighted by Crippen LogP contribution is -2.10. The normalized spacial score (nSPS) is 12.4. The van der Waals surface area contributed by atoms with Crippen LogP contribution in [-0.2, 0) is 0 Å². The number of nitrogen functional groups attached to an aromatic ring is 1. The highest BCUT2D eigenvalue weighted by Crippen LogP contribution is 2.24.